The molecule has 1 fully saturated rings. The van der Waals surface area contributed by atoms with Crippen LogP contribution in [0.5, 0.6) is 0 Å². The number of halogens is 1. The van der Waals surface area contributed by atoms with E-state index in [-0.39, 0.29) is 5.15 Å². The minimum atomic E-state index is -0.893. The largest absolute Gasteiger partial charge is 0.461 e. The van der Waals surface area contributed by atoms with Crippen molar-refractivity contribution < 1.29 is 19.4 Å². The van der Waals surface area contributed by atoms with E-state index in [2.05, 4.69) is 5.10 Å². The van der Waals surface area contributed by atoms with Crippen LogP contribution in [0.1, 0.15) is 51.0 Å². The SMILES string of the molecule is CCOC(=O)c1cc(Cl)nn1CC1CCN(C(O)OC(C)(C)C)CC1. The summed E-state index contributed by atoms with van der Waals surface area (Å²) < 4.78 is 12.3. The minimum Gasteiger partial charge on any atom is -0.461 e. The van der Waals surface area contributed by atoms with Gasteiger partial charge < -0.3 is 14.6 Å². The van der Waals surface area contributed by atoms with E-state index < -0.39 is 18.0 Å². The first-order valence-corrected chi connectivity index (χ1v) is 9.08. The Balaban J connectivity index is 1.91. The Morgan fingerprint density at radius 2 is 2.08 bits per heavy atom. The van der Waals surface area contributed by atoms with Crippen LogP contribution in [0.3, 0.4) is 0 Å². The Bertz CT molecular complexity index is 577. The second kappa shape index (κ2) is 8.49. The zero-order valence-electron chi connectivity index (χ0n) is 15.4. The normalized spacial score (nSPS) is 18.3. The summed E-state index contributed by atoms with van der Waals surface area (Å²) in [4.78, 5) is 13.9. The fourth-order valence-electron chi connectivity index (χ4n) is 2.89. The highest BCUT2D eigenvalue weighted by Crippen LogP contribution is 2.23. The number of aliphatic hydroxyl groups is 1. The van der Waals surface area contributed by atoms with Crippen molar-refractivity contribution in [3.05, 3.63) is 16.9 Å². The third-order valence-electron chi connectivity index (χ3n) is 4.09. The lowest BCUT2D eigenvalue weighted by Gasteiger charge is -2.37. The van der Waals surface area contributed by atoms with Crippen molar-refractivity contribution in [3.63, 3.8) is 0 Å². The molecule has 1 N–H and O–H groups in total. The van der Waals surface area contributed by atoms with Gasteiger partial charge in [0.2, 0.25) is 6.41 Å². The zero-order valence-corrected chi connectivity index (χ0v) is 16.1. The lowest BCUT2D eigenvalue weighted by Crippen LogP contribution is -2.46. The molecule has 1 aromatic heterocycles. The third kappa shape index (κ3) is 5.95. The van der Waals surface area contributed by atoms with E-state index in [1.807, 2.05) is 25.7 Å². The second-order valence-electron chi connectivity index (χ2n) is 7.29. The lowest BCUT2D eigenvalue weighted by atomic mass is 9.97. The van der Waals surface area contributed by atoms with Crippen molar-refractivity contribution in [3.8, 4) is 0 Å². The van der Waals surface area contributed by atoms with Gasteiger partial charge in [-0.05, 0) is 46.5 Å². The predicted octanol–water partition coefficient (Wildman–Crippen LogP) is 2.52. The van der Waals surface area contributed by atoms with Crippen LogP contribution in [0.4, 0.5) is 0 Å². The molecule has 2 rings (SSSR count). The molecule has 0 aromatic carbocycles. The van der Waals surface area contributed by atoms with Gasteiger partial charge >= 0.3 is 5.97 Å². The van der Waals surface area contributed by atoms with Gasteiger partial charge in [-0.3, -0.25) is 9.58 Å². The molecule has 142 valence electrons. The molecule has 0 radical (unpaired) electrons. The molecule has 0 bridgehead atoms. The number of carbonyl (C=O) groups is 1. The van der Waals surface area contributed by atoms with E-state index in [4.69, 9.17) is 21.1 Å². The average molecular weight is 374 g/mol. The molecule has 2 heterocycles. The van der Waals surface area contributed by atoms with Gasteiger partial charge in [-0.15, -0.1) is 0 Å². The van der Waals surface area contributed by atoms with Crippen LogP contribution < -0.4 is 0 Å². The van der Waals surface area contributed by atoms with Gasteiger partial charge in [-0.2, -0.15) is 5.10 Å². The number of aliphatic hydroxyl groups excluding tert-OH is 1. The fraction of sp³-hybridized carbons (Fsp3) is 0.765. The van der Waals surface area contributed by atoms with Crippen LogP contribution in [0.15, 0.2) is 6.07 Å². The molecule has 1 saturated heterocycles. The summed E-state index contributed by atoms with van der Waals surface area (Å²) >= 11 is 5.96. The van der Waals surface area contributed by atoms with Gasteiger partial charge in [0.25, 0.3) is 0 Å². The number of likely N-dealkylation sites (tertiary alicyclic amines) is 1. The summed E-state index contributed by atoms with van der Waals surface area (Å²) in [6, 6.07) is 1.54. The zero-order chi connectivity index (χ0) is 18.6. The van der Waals surface area contributed by atoms with Crippen LogP contribution in [0, 0.1) is 5.92 Å². The van der Waals surface area contributed by atoms with Gasteiger partial charge in [0, 0.05) is 25.7 Å². The smallest absolute Gasteiger partial charge is 0.356 e. The molecule has 8 heteroatoms. The number of esters is 1. The average Bonchev–Trinajstić information content (AvgIpc) is 2.87. The number of rotatable bonds is 6. The number of hydrogen-bond donors (Lipinski definition) is 1. The van der Waals surface area contributed by atoms with Crippen molar-refractivity contribution in [1.29, 1.82) is 0 Å². The minimum absolute atomic E-state index is 0.287. The molecule has 1 aromatic rings. The van der Waals surface area contributed by atoms with Gasteiger partial charge in [0.1, 0.15) is 5.69 Å². The summed E-state index contributed by atoms with van der Waals surface area (Å²) in [5, 5.41) is 14.7. The molecular formula is C17H28ClN3O4. The van der Waals surface area contributed by atoms with E-state index in [1.165, 1.54) is 6.07 Å². The second-order valence-corrected chi connectivity index (χ2v) is 7.68. The van der Waals surface area contributed by atoms with Gasteiger partial charge in [-0.1, -0.05) is 11.6 Å². The van der Waals surface area contributed by atoms with Crippen molar-refractivity contribution in [2.45, 2.75) is 59.1 Å². The van der Waals surface area contributed by atoms with E-state index >= 15 is 0 Å². The highest BCUT2D eigenvalue weighted by molar-refractivity contribution is 6.29. The Labute approximate surface area is 153 Å². The third-order valence-corrected chi connectivity index (χ3v) is 4.27. The molecule has 1 aliphatic rings. The maximum Gasteiger partial charge on any atom is 0.356 e. The van der Waals surface area contributed by atoms with Crippen molar-refractivity contribution in [2.24, 2.45) is 5.92 Å². The molecule has 0 amide bonds. The van der Waals surface area contributed by atoms with Crippen LogP contribution in [0.25, 0.3) is 0 Å². The summed E-state index contributed by atoms with van der Waals surface area (Å²) in [6.45, 7) is 9.89. The molecule has 25 heavy (non-hydrogen) atoms. The summed E-state index contributed by atoms with van der Waals surface area (Å²) in [5.74, 6) is -0.0597. The maximum absolute atomic E-state index is 12.0. The van der Waals surface area contributed by atoms with Crippen molar-refractivity contribution >= 4 is 17.6 Å². The molecule has 1 unspecified atom stereocenters. The highest BCUT2D eigenvalue weighted by atomic mass is 35.5. The van der Waals surface area contributed by atoms with E-state index in [0.29, 0.717) is 24.8 Å². The Morgan fingerprint density at radius 1 is 1.44 bits per heavy atom. The first kappa shape index (κ1) is 20.2. The monoisotopic (exact) mass is 373 g/mol. The molecule has 1 atom stereocenters. The fourth-order valence-corrected chi connectivity index (χ4v) is 3.08. The number of piperidine rings is 1. The van der Waals surface area contributed by atoms with Gasteiger partial charge in [0.05, 0.1) is 12.2 Å². The highest BCUT2D eigenvalue weighted by Gasteiger charge is 2.28. The number of ether oxygens (including phenoxy) is 2. The number of carbonyl (C=O) groups excluding carboxylic acids is 1. The van der Waals surface area contributed by atoms with Gasteiger partial charge in [0.15, 0.2) is 5.15 Å². The quantitative estimate of drug-likeness (QED) is 0.610. The molecule has 0 aliphatic carbocycles. The van der Waals surface area contributed by atoms with Crippen molar-refractivity contribution in [2.75, 3.05) is 19.7 Å². The standard InChI is InChI=1S/C17H28ClN3O4/c1-5-24-15(22)13-10-14(18)19-21(13)11-12-6-8-20(9-7-12)16(23)25-17(2,3)4/h10,12,16,23H,5-9,11H2,1-4H3. The molecular weight excluding hydrogens is 346 g/mol. The van der Waals surface area contributed by atoms with E-state index in [1.54, 1.807) is 11.6 Å². The Kier molecular flexibility index (Phi) is 6.85. The van der Waals surface area contributed by atoms with Crippen LogP contribution in [-0.4, -0.2) is 57.5 Å². The Morgan fingerprint density at radius 3 is 2.64 bits per heavy atom. The molecule has 7 nitrogen and oxygen atoms in total. The number of nitrogens with zero attached hydrogens (tertiary/aromatic N) is 3. The summed E-state index contributed by atoms with van der Waals surface area (Å²) in [7, 11) is 0. The Hall–Kier alpha value is -1.15. The first-order chi connectivity index (χ1) is 11.7. The molecule has 0 saturated carbocycles. The van der Waals surface area contributed by atoms with E-state index in [0.717, 1.165) is 25.9 Å². The van der Waals surface area contributed by atoms with Gasteiger partial charge in [-0.25, -0.2) is 4.79 Å². The van der Waals surface area contributed by atoms with Crippen LogP contribution >= 0.6 is 11.6 Å². The molecule has 0 spiro atoms. The topological polar surface area (TPSA) is 76.8 Å². The first-order valence-electron chi connectivity index (χ1n) is 8.70. The summed E-state index contributed by atoms with van der Waals surface area (Å²) in [6.07, 6.45) is 0.865. The van der Waals surface area contributed by atoms with Crippen molar-refractivity contribution in [1.82, 2.24) is 14.7 Å². The van der Waals surface area contributed by atoms with E-state index in [9.17, 15) is 9.90 Å². The number of aromatic nitrogens is 2. The lowest BCUT2D eigenvalue weighted by molar-refractivity contribution is -0.243. The molecule has 1 aliphatic heterocycles. The predicted molar refractivity (Wildman–Crippen MR) is 94.3 cm³/mol. The van der Waals surface area contributed by atoms with Crippen LogP contribution in [-0.2, 0) is 16.0 Å². The summed E-state index contributed by atoms with van der Waals surface area (Å²) in [5.41, 5.74) is -0.0123. The van der Waals surface area contributed by atoms with Crippen LogP contribution in [0.2, 0.25) is 5.15 Å². The number of hydrogen-bond acceptors (Lipinski definition) is 6. The maximum atomic E-state index is 12.0.